The Morgan fingerprint density at radius 2 is 1.56 bits per heavy atom. The zero-order valence-corrected chi connectivity index (χ0v) is 17.6. The number of aliphatic hydroxyl groups excluding tert-OH is 1. The van der Waals surface area contributed by atoms with Crippen LogP contribution in [0.25, 0.3) is 0 Å². The van der Waals surface area contributed by atoms with Gasteiger partial charge in [0.1, 0.15) is 24.7 Å². The molecule has 1 aromatic carbocycles. The number of rotatable bonds is 13. The third-order valence-corrected chi connectivity index (χ3v) is 4.46. The molecule has 4 atom stereocenters. The van der Waals surface area contributed by atoms with Gasteiger partial charge in [-0.2, -0.15) is 0 Å². The average Bonchev–Trinajstić information content (AvgIpc) is 2.74. The molecular formula is C20H29N5O7. The number of nitrogens with one attached hydrogen (secondary N) is 3. The fourth-order valence-electron chi connectivity index (χ4n) is 2.66. The van der Waals surface area contributed by atoms with E-state index in [9.17, 15) is 29.1 Å². The van der Waals surface area contributed by atoms with Gasteiger partial charge < -0.3 is 37.6 Å². The summed E-state index contributed by atoms with van der Waals surface area (Å²) in [6, 6.07) is 4.98. The van der Waals surface area contributed by atoms with Crippen LogP contribution in [0.15, 0.2) is 30.3 Å². The molecule has 0 fully saturated rings. The molecule has 4 unspecified atom stereocenters. The number of benzene rings is 1. The number of nitrogens with two attached hydrogens (primary N) is 2. The predicted octanol–water partition coefficient (Wildman–Crippen LogP) is -2.63. The molecule has 0 bridgehead atoms. The third-order valence-electron chi connectivity index (χ3n) is 4.46. The maximum Gasteiger partial charge on any atom is 0.322 e. The molecule has 4 amide bonds. The summed E-state index contributed by atoms with van der Waals surface area (Å²) < 4.78 is 0. The molecule has 0 radical (unpaired) electrons. The lowest BCUT2D eigenvalue weighted by Crippen LogP contribution is -2.58. The Morgan fingerprint density at radius 3 is 2.09 bits per heavy atom. The zero-order valence-electron chi connectivity index (χ0n) is 17.6. The second-order valence-electron chi connectivity index (χ2n) is 7.19. The third kappa shape index (κ3) is 9.53. The minimum atomic E-state index is -1.29. The van der Waals surface area contributed by atoms with Crippen molar-refractivity contribution in [2.45, 2.75) is 50.4 Å². The van der Waals surface area contributed by atoms with Crippen molar-refractivity contribution in [3.8, 4) is 0 Å². The molecule has 0 spiro atoms. The van der Waals surface area contributed by atoms with Crippen LogP contribution >= 0.6 is 0 Å². The van der Waals surface area contributed by atoms with E-state index in [1.54, 1.807) is 30.3 Å². The molecule has 0 aromatic heterocycles. The molecule has 0 aliphatic heterocycles. The Hall–Kier alpha value is -3.51. The summed E-state index contributed by atoms with van der Waals surface area (Å²) in [5.74, 6) is -4.38. The van der Waals surface area contributed by atoms with Crippen LogP contribution in [0.4, 0.5) is 0 Å². The van der Waals surface area contributed by atoms with E-state index in [1.165, 1.54) is 6.92 Å². The highest BCUT2D eigenvalue weighted by Crippen LogP contribution is 2.06. The number of carbonyl (C=O) groups is 5. The quantitative estimate of drug-likeness (QED) is 0.168. The van der Waals surface area contributed by atoms with E-state index in [0.29, 0.717) is 5.56 Å². The monoisotopic (exact) mass is 451 g/mol. The van der Waals surface area contributed by atoms with Crippen LogP contribution < -0.4 is 27.4 Å². The van der Waals surface area contributed by atoms with Crippen molar-refractivity contribution in [2.75, 3.05) is 6.54 Å². The molecule has 32 heavy (non-hydrogen) atoms. The fraction of sp³-hybridized carbons (Fsp3) is 0.450. The van der Waals surface area contributed by atoms with Crippen molar-refractivity contribution in [1.82, 2.24) is 16.0 Å². The van der Waals surface area contributed by atoms with Gasteiger partial charge in [0.05, 0.1) is 6.10 Å². The van der Waals surface area contributed by atoms with Crippen LogP contribution in [0.1, 0.15) is 25.3 Å². The van der Waals surface area contributed by atoms with E-state index in [2.05, 4.69) is 16.0 Å². The van der Waals surface area contributed by atoms with Crippen LogP contribution in [-0.4, -0.2) is 70.6 Å². The number of amides is 4. The largest absolute Gasteiger partial charge is 0.480 e. The number of aliphatic hydroxyl groups is 1. The van der Waals surface area contributed by atoms with Crippen molar-refractivity contribution in [1.29, 1.82) is 0 Å². The Bertz CT molecular complexity index is 816. The van der Waals surface area contributed by atoms with E-state index >= 15 is 0 Å². The van der Waals surface area contributed by atoms with E-state index < -0.39 is 60.4 Å². The normalized spacial score (nSPS) is 14.3. The number of hydrogen-bond acceptors (Lipinski definition) is 7. The van der Waals surface area contributed by atoms with Gasteiger partial charge in [0, 0.05) is 12.8 Å². The zero-order chi connectivity index (χ0) is 24.3. The van der Waals surface area contributed by atoms with Gasteiger partial charge in [0.15, 0.2) is 0 Å². The lowest BCUT2D eigenvalue weighted by Gasteiger charge is -2.24. The van der Waals surface area contributed by atoms with Gasteiger partial charge in [0.25, 0.3) is 0 Å². The molecule has 9 N–H and O–H groups in total. The standard InChI is InChI=1S/C20H29N5O7/c1-11(26)17(22)20(32)25-14(9-12-5-3-2-4-6-12)19(31)24-13(7-8-15(21)27)18(30)23-10-16(28)29/h2-6,11,13-14,17,26H,7-10,22H2,1H3,(H2,21,27)(H,23,30)(H,24,31)(H,25,32)(H,28,29). The Kier molecular flexibility index (Phi) is 10.8. The topological polar surface area (TPSA) is 214 Å². The molecule has 0 heterocycles. The number of aliphatic carboxylic acids is 1. The first-order valence-corrected chi connectivity index (χ1v) is 9.87. The van der Waals surface area contributed by atoms with Crippen LogP contribution in [0.5, 0.6) is 0 Å². The van der Waals surface area contributed by atoms with Crippen LogP contribution in [0.2, 0.25) is 0 Å². The summed E-state index contributed by atoms with van der Waals surface area (Å²) in [7, 11) is 0. The molecule has 0 aliphatic rings. The van der Waals surface area contributed by atoms with Crippen LogP contribution in [0, 0.1) is 0 Å². The predicted molar refractivity (Wildman–Crippen MR) is 113 cm³/mol. The molecule has 1 aromatic rings. The van der Waals surface area contributed by atoms with Crippen molar-refractivity contribution in [3.63, 3.8) is 0 Å². The fourth-order valence-corrected chi connectivity index (χ4v) is 2.66. The minimum Gasteiger partial charge on any atom is -0.480 e. The summed E-state index contributed by atoms with van der Waals surface area (Å²) >= 11 is 0. The minimum absolute atomic E-state index is 0.0459. The van der Waals surface area contributed by atoms with E-state index in [-0.39, 0.29) is 19.3 Å². The van der Waals surface area contributed by atoms with Gasteiger partial charge in [-0.1, -0.05) is 30.3 Å². The second-order valence-corrected chi connectivity index (χ2v) is 7.19. The van der Waals surface area contributed by atoms with Crippen LogP contribution in [0.3, 0.4) is 0 Å². The van der Waals surface area contributed by atoms with E-state index in [0.717, 1.165) is 0 Å². The number of hydrogen-bond donors (Lipinski definition) is 7. The highest BCUT2D eigenvalue weighted by atomic mass is 16.4. The second kappa shape index (κ2) is 13.0. The van der Waals surface area contributed by atoms with Crippen LogP contribution in [-0.2, 0) is 30.4 Å². The first kappa shape index (κ1) is 26.5. The van der Waals surface area contributed by atoms with E-state index in [4.69, 9.17) is 16.6 Å². The molecule has 12 heteroatoms. The molecular weight excluding hydrogens is 422 g/mol. The number of carbonyl (C=O) groups excluding carboxylic acids is 4. The van der Waals surface area contributed by atoms with Gasteiger partial charge in [-0.3, -0.25) is 24.0 Å². The van der Waals surface area contributed by atoms with Gasteiger partial charge in [-0.05, 0) is 18.9 Å². The molecule has 176 valence electrons. The first-order valence-electron chi connectivity index (χ1n) is 9.87. The van der Waals surface area contributed by atoms with Gasteiger partial charge in [-0.15, -0.1) is 0 Å². The highest BCUT2D eigenvalue weighted by Gasteiger charge is 2.29. The van der Waals surface area contributed by atoms with Crippen molar-refractivity contribution in [3.05, 3.63) is 35.9 Å². The first-order chi connectivity index (χ1) is 15.0. The lowest BCUT2D eigenvalue weighted by molar-refractivity contribution is -0.138. The molecule has 0 saturated carbocycles. The molecule has 1 rings (SSSR count). The van der Waals surface area contributed by atoms with Gasteiger partial charge in [-0.25, -0.2) is 0 Å². The summed E-state index contributed by atoms with van der Waals surface area (Å²) in [6.45, 7) is 0.637. The summed E-state index contributed by atoms with van der Waals surface area (Å²) in [6.07, 6.45) is -1.54. The van der Waals surface area contributed by atoms with Gasteiger partial charge >= 0.3 is 5.97 Å². The Labute approximate surface area is 184 Å². The smallest absolute Gasteiger partial charge is 0.322 e. The highest BCUT2D eigenvalue weighted by molar-refractivity contribution is 5.94. The number of carboxylic acids is 1. The summed E-state index contributed by atoms with van der Waals surface area (Å²) in [5, 5.41) is 25.3. The molecule has 0 aliphatic carbocycles. The Morgan fingerprint density at radius 1 is 0.969 bits per heavy atom. The number of carboxylic acid groups (broad SMARTS) is 1. The maximum absolute atomic E-state index is 12.9. The Balaban J connectivity index is 3.03. The SMILES string of the molecule is CC(O)C(N)C(=O)NC(Cc1ccccc1)C(=O)NC(CCC(N)=O)C(=O)NCC(=O)O. The van der Waals surface area contributed by atoms with E-state index in [1.807, 2.05) is 0 Å². The average molecular weight is 451 g/mol. The summed E-state index contributed by atoms with van der Waals surface area (Å²) in [5.41, 5.74) is 11.4. The molecule has 12 nitrogen and oxygen atoms in total. The molecule has 0 saturated heterocycles. The van der Waals surface area contributed by atoms with Gasteiger partial charge in [0.2, 0.25) is 23.6 Å². The summed E-state index contributed by atoms with van der Waals surface area (Å²) in [4.78, 5) is 59.4. The van der Waals surface area contributed by atoms with Crippen molar-refractivity contribution in [2.24, 2.45) is 11.5 Å². The van der Waals surface area contributed by atoms with Crippen molar-refractivity contribution < 1.29 is 34.2 Å². The lowest BCUT2D eigenvalue weighted by atomic mass is 10.0. The van der Waals surface area contributed by atoms with Crippen molar-refractivity contribution >= 4 is 29.6 Å². The number of primary amides is 1. The maximum atomic E-state index is 12.9.